The molecule has 5 nitrogen and oxygen atoms in total. The van der Waals surface area contributed by atoms with Gasteiger partial charge in [-0.05, 0) is 35.7 Å². The number of hydrogen-bond donors (Lipinski definition) is 0. The number of fused-ring (bicyclic) bond motifs is 1. The molecule has 0 aromatic heterocycles. The first-order valence-electron chi connectivity index (χ1n) is 7.88. The second-order valence-electron chi connectivity index (χ2n) is 5.93. The van der Waals surface area contributed by atoms with Crippen molar-refractivity contribution in [1.29, 1.82) is 0 Å². The van der Waals surface area contributed by atoms with Gasteiger partial charge in [0, 0.05) is 4.90 Å². The van der Waals surface area contributed by atoms with E-state index < -0.39 is 17.8 Å². The number of amides is 2. The van der Waals surface area contributed by atoms with Crippen molar-refractivity contribution in [2.24, 2.45) is 0 Å². The van der Waals surface area contributed by atoms with Crippen LogP contribution in [-0.4, -0.2) is 28.6 Å². The van der Waals surface area contributed by atoms with E-state index in [0.29, 0.717) is 11.0 Å². The molecule has 6 heteroatoms. The van der Waals surface area contributed by atoms with E-state index in [-0.39, 0.29) is 16.9 Å². The molecule has 0 saturated heterocycles. The molecule has 1 aliphatic rings. The Morgan fingerprint density at radius 1 is 1.00 bits per heavy atom. The van der Waals surface area contributed by atoms with Crippen LogP contribution >= 0.6 is 11.8 Å². The summed E-state index contributed by atoms with van der Waals surface area (Å²) < 4.78 is 0. The smallest absolute Gasteiger partial charge is 0.329 e. The predicted octanol–water partition coefficient (Wildman–Crippen LogP) is 3.66. The lowest BCUT2D eigenvalue weighted by atomic mass is 10.0. The summed E-state index contributed by atoms with van der Waals surface area (Å²) in [6.07, 6.45) is 0. The highest BCUT2D eigenvalue weighted by Crippen LogP contribution is 2.24. The molecule has 2 aromatic carbocycles. The third-order valence-electron chi connectivity index (χ3n) is 3.85. The van der Waals surface area contributed by atoms with Crippen molar-refractivity contribution in [3.63, 3.8) is 0 Å². The summed E-state index contributed by atoms with van der Waals surface area (Å²) >= 11 is 1.29. The van der Waals surface area contributed by atoms with Crippen LogP contribution in [0.2, 0.25) is 0 Å². The van der Waals surface area contributed by atoms with E-state index in [0.717, 1.165) is 4.90 Å². The zero-order chi connectivity index (χ0) is 18.0. The van der Waals surface area contributed by atoms with Crippen molar-refractivity contribution >= 4 is 29.5 Å². The summed E-state index contributed by atoms with van der Waals surface area (Å²) in [4.78, 5) is 42.2. The lowest BCUT2D eigenvalue weighted by molar-refractivity contribution is -0.165. The third kappa shape index (κ3) is 3.58. The van der Waals surface area contributed by atoms with Crippen molar-refractivity contribution in [1.82, 2.24) is 5.06 Å². The lowest BCUT2D eigenvalue weighted by Gasteiger charge is -2.12. The molecule has 0 N–H and O–H groups in total. The van der Waals surface area contributed by atoms with Crippen LogP contribution in [0, 0.1) is 0 Å². The van der Waals surface area contributed by atoms with Crippen LogP contribution in [0.25, 0.3) is 0 Å². The predicted molar refractivity (Wildman–Crippen MR) is 94.3 cm³/mol. The van der Waals surface area contributed by atoms with Gasteiger partial charge in [0.05, 0.1) is 16.9 Å². The van der Waals surface area contributed by atoms with Crippen molar-refractivity contribution in [2.75, 3.05) is 5.75 Å². The SMILES string of the molecule is CC(C)c1ccc(SCC(=O)ON2C(=O)c3ccccc3C2=O)cc1. The maximum Gasteiger partial charge on any atom is 0.343 e. The second kappa shape index (κ2) is 7.11. The van der Waals surface area contributed by atoms with Gasteiger partial charge in [-0.3, -0.25) is 9.59 Å². The van der Waals surface area contributed by atoms with E-state index in [1.165, 1.54) is 29.5 Å². The van der Waals surface area contributed by atoms with Gasteiger partial charge in [-0.15, -0.1) is 11.8 Å². The molecule has 0 fully saturated rings. The van der Waals surface area contributed by atoms with Gasteiger partial charge < -0.3 is 4.84 Å². The molecule has 3 rings (SSSR count). The number of hydrogen-bond acceptors (Lipinski definition) is 5. The normalized spacial score (nSPS) is 13.3. The number of nitrogens with zero attached hydrogens (tertiary/aromatic N) is 1. The van der Waals surface area contributed by atoms with Crippen LogP contribution in [0.15, 0.2) is 53.4 Å². The molecule has 0 spiro atoms. The van der Waals surface area contributed by atoms with E-state index in [2.05, 4.69) is 13.8 Å². The Balaban J connectivity index is 1.58. The van der Waals surface area contributed by atoms with Gasteiger partial charge in [0.25, 0.3) is 11.8 Å². The summed E-state index contributed by atoms with van der Waals surface area (Å²) in [6.45, 7) is 4.23. The van der Waals surface area contributed by atoms with Crippen LogP contribution in [0.3, 0.4) is 0 Å². The average molecular weight is 355 g/mol. The monoisotopic (exact) mass is 355 g/mol. The average Bonchev–Trinajstić information content (AvgIpc) is 2.86. The van der Waals surface area contributed by atoms with E-state index in [9.17, 15) is 14.4 Å². The van der Waals surface area contributed by atoms with E-state index in [1.807, 2.05) is 24.3 Å². The minimum absolute atomic E-state index is 0.00836. The highest BCUT2D eigenvalue weighted by molar-refractivity contribution is 8.00. The molecule has 0 unspecified atom stereocenters. The molecular formula is C19H17NO4S. The number of hydroxylamine groups is 2. The largest absolute Gasteiger partial charge is 0.343 e. The maximum atomic E-state index is 12.1. The summed E-state index contributed by atoms with van der Waals surface area (Å²) in [6, 6.07) is 14.3. The van der Waals surface area contributed by atoms with Gasteiger partial charge in [-0.1, -0.05) is 43.2 Å². The van der Waals surface area contributed by atoms with Crippen LogP contribution in [0.4, 0.5) is 0 Å². The molecule has 2 aromatic rings. The highest BCUT2D eigenvalue weighted by Gasteiger charge is 2.38. The molecule has 0 radical (unpaired) electrons. The quantitative estimate of drug-likeness (QED) is 0.605. The molecule has 2 amide bonds. The van der Waals surface area contributed by atoms with Crippen LogP contribution in [0.1, 0.15) is 46.0 Å². The minimum Gasteiger partial charge on any atom is -0.329 e. The minimum atomic E-state index is -0.646. The number of carbonyl (C=O) groups excluding carboxylic acids is 3. The fourth-order valence-electron chi connectivity index (χ4n) is 2.47. The lowest BCUT2D eigenvalue weighted by Crippen LogP contribution is -2.33. The number of benzene rings is 2. The fraction of sp³-hybridized carbons (Fsp3) is 0.211. The molecular weight excluding hydrogens is 338 g/mol. The van der Waals surface area contributed by atoms with Gasteiger partial charge in [0.2, 0.25) is 0 Å². The van der Waals surface area contributed by atoms with Gasteiger partial charge in [0.1, 0.15) is 0 Å². The Labute approximate surface area is 149 Å². The Bertz CT molecular complexity index is 795. The molecule has 0 atom stereocenters. The van der Waals surface area contributed by atoms with Crippen LogP contribution in [0.5, 0.6) is 0 Å². The Kier molecular flexibility index (Phi) is 4.90. The Hall–Kier alpha value is -2.60. The summed E-state index contributed by atoms with van der Waals surface area (Å²) in [5.74, 6) is -1.42. The highest BCUT2D eigenvalue weighted by atomic mass is 32.2. The molecule has 128 valence electrons. The topological polar surface area (TPSA) is 63.7 Å². The van der Waals surface area contributed by atoms with E-state index in [1.54, 1.807) is 12.1 Å². The van der Waals surface area contributed by atoms with E-state index in [4.69, 9.17) is 4.84 Å². The first-order chi connectivity index (χ1) is 12.0. The maximum absolute atomic E-state index is 12.1. The van der Waals surface area contributed by atoms with Crippen molar-refractivity contribution < 1.29 is 19.2 Å². The van der Waals surface area contributed by atoms with Crippen molar-refractivity contribution in [3.8, 4) is 0 Å². The Morgan fingerprint density at radius 2 is 1.56 bits per heavy atom. The second-order valence-corrected chi connectivity index (χ2v) is 6.97. The molecule has 1 heterocycles. The van der Waals surface area contributed by atoms with Crippen LogP contribution in [-0.2, 0) is 9.63 Å². The number of imide groups is 1. The van der Waals surface area contributed by atoms with Crippen molar-refractivity contribution in [2.45, 2.75) is 24.7 Å². The van der Waals surface area contributed by atoms with Crippen LogP contribution < -0.4 is 0 Å². The molecule has 1 aliphatic heterocycles. The summed E-state index contributed by atoms with van der Waals surface area (Å²) in [5.41, 5.74) is 1.72. The molecule has 0 saturated carbocycles. The Morgan fingerprint density at radius 3 is 2.08 bits per heavy atom. The standard InChI is InChI=1S/C19H17NO4S/c1-12(2)13-7-9-14(10-8-13)25-11-17(21)24-20-18(22)15-5-3-4-6-16(15)19(20)23/h3-10,12H,11H2,1-2H3. The van der Waals surface area contributed by atoms with Gasteiger partial charge in [-0.25, -0.2) is 4.79 Å². The molecule has 25 heavy (non-hydrogen) atoms. The molecule has 0 bridgehead atoms. The number of rotatable bonds is 5. The summed E-state index contributed by atoms with van der Waals surface area (Å²) in [5, 5.41) is 0.537. The first-order valence-corrected chi connectivity index (χ1v) is 8.87. The zero-order valence-corrected chi connectivity index (χ0v) is 14.7. The number of thioether (sulfide) groups is 1. The molecule has 0 aliphatic carbocycles. The van der Waals surface area contributed by atoms with Gasteiger partial charge >= 0.3 is 5.97 Å². The number of carbonyl (C=O) groups is 3. The first kappa shape index (κ1) is 17.2. The van der Waals surface area contributed by atoms with Gasteiger partial charge in [0.15, 0.2) is 0 Å². The summed E-state index contributed by atoms with van der Waals surface area (Å²) in [7, 11) is 0. The third-order valence-corrected chi connectivity index (χ3v) is 4.84. The van der Waals surface area contributed by atoms with Crippen molar-refractivity contribution in [3.05, 3.63) is 65.2 Å². The van der Waals surface area contributed by atoms with Gasteiger partial charge in [-0.2, -0.15) is 0 Å². The van der Waals surface area contributed by atoms with E-state index >= 15 is 0 Å². The zero-order valence-electron chi connectivity index (χ0n) is 13.9. The fourth-order valence-corrected chi connectivity index (χ4v) is 3.14.